The maximum atomic E-state index is 9.95. The zero-order valence-corrected chi connectivity index (χ0v) is 7.40. The molecule has 0 saturated heterocycles. The lowest BCUT2D eigenvalue weighted by atomic mass is 10.3. The SMILES string of the molecule is C[C@@H](Br)[C@H](Br)C(=O)[O-]. The lowest BCUT2D eigenvalue weighted by Gasteiger charge is -2.11. The maximum absolute atomic E-state index is 9.95. The largest absolute Gasteiger partial charge is 0.549 e. The quantitative estimate of drug-likeness (QED) is 0.655. The highest BCUT2D eigenvalue weighted by Crippen LogP contribution is 2.11. The molecule has 2 nitrogen and oxygen atoms in total. The third kappa shape index (κ3) is 2.67. The van der Waals surface area contributed by atoms with Crippen molar-refractivity contribution in [1.29, 1.82) is 0 Å². The highest BCUT2D eigenvalue weighted by molar-refractivity contribution is 9.12. The Morgan fingerprint density at radius 1 is 1.62 bits per heavy atom. The van der Waals surface area contributed by atoms with E-state index in [9.17, 15) is 9.90 Å². The van der Waals surface area contributed by atoms with Crippen LogP contribution in [0.5, 0.6) is 0 Å². The molecule has 0 rings (SSSR count). The lowest BCUT2D eigenvalue weighted by molar-refractivity contribution is -0.304. The summed E-state index contributed by atoms with van der Waals surface area (Å²) in [4.78, 5) is 9.27. The molecule has 0 unspecified atom stereocenters. The highest BCUT2D eigenvalue weighted by Gasteiger charge is 2.09. The smallest absolute Gasteiger partial charge is 0.0663 e. The minimum Gasteiger partial charge on any atom is -0.549 e. The van der Waals surface area contributed by atoms with Gasteiger partial charge in [-0.05, 0) is 0 Å². The summed E-state index contributed by atoms with van der Waals surface area (Å²) in [5.41, 5.74) is 0. The van der Waals surface area contributed by atoms with Crippen molar-refractivity contribution < 1.29 is 9.90 Å². The molecule has 0 aromatic rings. The van der Waals surface area contributed by atoms with Gasteiger partial charge in [0.25, 0.3) is 0 Å². The molecule has 8 heavy (non-hydrogen) atoms. The maximum Gasteiger partial charge on any atom is 0.0663 e. The van der Waals surface area contributed by atoms with Crippen molar-refractivity contribution in [2.45, 2.75) is 16.6 Å². The summed E-state index contributed by atoms with van der Waals surface area (Å²) in [6, 6.07) is 0. The van der Waals surface area contributed by atoms with Crippen LogP contribution in [0.3, 0.4) is 0 Å². The summed E-state index contributed by atoms with van der Waals surface area (Å²) in [7, 11) is 0. The zero-order chi connectivity index (χ0) is 6.73. The molecule has 0 aliphatic carbocycles. The van der Waals surface area contributed by atoms with Crippen molar-refractivity contribution in [3.63, 3.8) is 0 Å². The van der Waals surface area contributed by atoms with Crippen LogP contribution in [0.15, 0.2) is 0 Å². The van der Waals surface area contributed by atoms with Crippen molar-refractivity contribution in [3.8, 4) is 0 Å². The first kappa shape index (κ1) is 8.43. The third-order valence-corrected chi connectivity index (χ3v) is 3.03. The van der Waals surface area contributed by atoms with Gasteiger partial charge in [-0.3, -0.25) is 0 Å². The fourth-order valence-electron chi connectivity index (χ4n) is 0.188. The molecule has 0 aromatic heterocycles. The molecule has 0 fully saturated rings. The Morgan fingerprint density at radius 2 is 2.00 bits per heavy atom. The van der Waals surface area contributed by atoms with Crippen molar-refractivity contribution in [3.05, 3.63) is 0 Å². The van der Waals surface area contributed by atoms with E-state index in [1.807, 2.05) is 0 Å². The van der Waals surface area contributed by atoms with Gasteiger partial charge in [-0.25, -0.2) is 0 Å². The fourth-order valence-corrected chi connectivity index (χ4v) is 0.403. The van der Waals surface area contributed by atoms with Crippen LogP contribution in [-0.4, -0.2) is 15.6 Å². The molecule has 48 valence electrons. The molecule has 0 N–H and O–H groups in total. The highest BCUT2D eigenvalue weighted by atomic mass is 79.9. The second-order valence-corrected chi connectivity index (χ2v) is 3.83. The van der Waals surface area contributed by atoms with Gasteiger partial charge >= 0.3 is 0 Å². The summed E-state index contributed by atoms with van der Waals surface area (Å²) < 4.78 is 0. The Hall–Kier alpha value is 0.430. The topological polar surface area (TPSA) is 40.1 Å². The minimum absolute atomic E-state index is 0.0903. The van der Waals surface area contributed by atoms with Crippen LogP contribution in [0.1, 0.15) is 6.92 Å². The van der Waals surface area contributed by atoms with E-state index >= 15 is 0 Å². The first-order valence-electron chi connectivity index (χ1n) is 2.04. The van der Waals surface area contributed by atoms with Crippen LogP contribution < -0.4 is 5.11 Å². The second-order valence-electron chi connectivity index (χ2n) is 1.40. The van der Waals surface area contributed by atoms with Gasteiger partial charge in [0, 0.05) is 4.83 Å². The first-order valence-corrected chi connectivity index (χ1v) is 3.88. The molecule has 0 bridgehead atoms. The van der Waals surface area contributed by atoms with Crippen LogP contribution in [0, 0.1) is 0 Å². The van der Waals surface area contributed by atoms with E-state index in [4.69, 9.17) is 0 Å². The molecule has 2 atom stereocenters. The summed E-state index contributed by atoms with van der Waals surface area (Å²) in [6.07, 6.45) is 0. The number of carbonyl (C=O) groups excluding carboxylic acids is 1. The van der Waals surface area contributed by atoms with Crippen molar-refractivity contribution >= 4 is 37.8 Å². The summed E-state index contributed by atoms with van der Waals surface area (Å²) in [6.45, 7) is 1.73. The van der Waals surface area contributed by atoms with E-state index in [1.165, 1.54) is 0 Å². The van der Waals surface area contributed by atoms with E-state index in [1.54, 1.807) is 6.92 Å². The van der Waals surface area contributed by atoms with Crippen LogP contribution in [-0.2, 0) is 4.79 Å². The van der Waals surface area contributed by atoms with Crippen LogP contribution >= 0.6 is 31.9 Å². The van der Waals surface area contributed by atoms with Crippen molar-refractivity contribution in [2.24, 2.45) is 0 Å². The van der Waals surface area contributed by atoms with Gasteiger partial charge in [0.05, 0.1) is 10.8 Å². The van der Waals surface area contributed by atoms with Gasteiger partial charge in [-0.2, -0.15) is 0 Å². The predicted molar refractivity (Wildman–Crippen MR) is 36.1 cm³/mol. The second kappa shape index (κ2) is 3.45. The average molecular weight is 245 g/mol. The monoisotopic (exact) mass is 243 g/mol. The standard InChI is InChI=1S/C4H6Br2O2/c1-2(5)3(6)4(7)8/h2-3H,1H3,(H,7,8)/p-1/t2-,3+/m1/s1. The van der Waals surface area contributed by atoms with Gasteiger partial charge in [-0.15, -0.1) is 0 Å². The molecular formula is C4H5Br2O2-. The number of alkyl halides is 2. The normalized spacial score (nSPS) is 17.4. The molecule has 4 heteroatoms. The molecular weight excluding hydrogens is 240 g/mol. The Kier molecular flexibility index (Phi) is 3.64. The molecule has 0 amide bonds. The molecule has 0 heterocycles. The van der Waals surface area contributed by atoms with E-state index in [0.29, 0.717) is 0 Å². The predicted octanol–water partition coefficient (Wildman–Crippen LogP) is 0.283. The number of halogens is 2. The van der Waals surface area contributed by atoms with Crippen LogP contribution in [0.25, 0.3) is 0 Å². The lowest BCUT2D eigenvalue weighted by Crippen LogP contribution is -2.35. The van der Waals surface area contributed by atoms with Gasteiger partial charge in [-0.1, -0.05) is 38.8 Å². The number of aliphatic carboxylic acids is 1. The van der Waals surface area contributed by atoms with Crippen LogP contribution in [0.2, 0.25) is 0 Å². The number of rotatable bonds is 2. The molecule has 0 aliphatic heterocycles. The van der Waals surface area contributed by atoms with E-state index < -0.39 is 10.8 Å². The summed E-state index contributed by atoms with van der Waals surface area (Å²) in [5, 5.41) is 9.95. The Balaban J connectivity index is 3.64. The van der Waals surface area contributed by atoms with Crippen molar-refractivity contribution in [2.75, 3.05) is 0 Å². The number of hydrogen-bond acceptors (Lipinski definition) is 2. The Bertz CT molecular complexity index is 92.0. The molecule has 0 radical (unpaired) electrons. The average Bonchev–Trinajstić information content (AvgIpc) is 1.64. The summed E-state index contributed by atoms with van der Waals surface area (Å²) >= 11 is 5.97. The number of hydrogen-bond donors (Lipinski definition) is 0. The molecule has 0 spiro atoms. The van der Waals surface area contributed by atoms with E-state index in [0.717, 1.165) is 0 Å². The van der Waals surface area contributed by atoms with Gasteiger partial charge in [0.1, 0.15) is 0 Å². The molecule has 0 saturated carbocycles. The Labute approximate surface area is 64.5 Å². The number of carboxylic acid groups (broad SMARTS) is 1. The van der Waals surface area contributed by atoms with E-state index in [2.05, 4.69) is 31.9 Å². The van der Waals surface area contributed by atoms with Gasteiger partial charge in [0.15, 0.2) is 0 Å². The van der Waals surface area contributed by atoms with Crippen LogP contribution in [0.4, 0.5) is 0 Å². The van der Waals surface area contributed by atoms with Crippen molar-refractivity contribution in [1.82, 2.24) is 0 Å². The summed E-state index contributed by atoms with van der Waals surface area (Å²) in [5.74, 6) is -1.09. The van der Waals surface area contributed by atoms with Gasteiger partial charge in [0.2, 0.25) is 0 Å². The minimum atomic E-state index is -1.09. The third-order valence-electron chi connectivity index (χ3n) is 0.628. The molecule has 0 aliphatic rings. The number of carboxylic acids is 1. The fraction of sp³-hybridized carbons (Fsp3) is 0.750. The van der Waals surface area contributed by atoms with E-state index in [-0.39, 0.29) is 4.83 Å². The van der Waals surface area contributed by atoms with Gasteiger partial charge < -0.3 is 9.90 Å². The number of carbonyl (C=O) groups is 1. The first-order chi connectivity index (χ1) is 3.55. The zero-order valence-electron chi connectivity index (χ0n) is 4.23. The molecule has 0 aromatic carbocycles. The Morgan fingerprint density at radius 3 is 2.00 bits per heavy atom.